The van der Waals surface area contributed by atoms with E-state index in [0.717, 1.165) is 41.5 Å². The number of likely N-dealkylation sites (tertiary alicyclic amines) is 1. The third kappa shape index (κ3) is 2.75. The van der Waals surface area contributed by atoms with E-state index in [1.54, 1.807) is 6.26 Å². The third-order valence-electron chi connectivity index (χ3n) is 4.09. The van der Waals surface area contributed by atoms with Crippen LogP contribution in [0.1, 0.15) is 48.0 Å². The van der Waals surface area contributed by atoms with Crippen LogP contribution in [0, 0.1) is 6.92 Å². The van der Waals surface area contributed by atoms with E-state index in [0.29, 0.717) is 11.7 Å². The zero-order valence-electron chi connectivity index (χ0n) is 12.5. The fourth-order valence-electron chi connectivity index (χ4n) is 2.93. The summed E-state index contributed by atoms with van der Waals surface area (Å²) in [4.78, 5) is 20.3. The lowest BCUT2D eigenvalue weighted by Gasteiger charge is -2.34. The Bertz CT molecular complexity index is 618. The molecule has 4 nitrogen and oxygen atoms in total. The van der Waals surface area contributed by atoms with Gasteiger partial charge in [0.2, 0.25) is 0 Å². The molecule has 1 atom stereocenters. The highest BCUT2D eigenvalue weighted by atomic mass is 32.1. The molecule has 3 heterocycles. The van der Waals surface area contributed by atoms with Gasteiger partial charge in [0.15, 0.2) is 10.8 Å². The number of aromatic nitrogens is 1. The van der Waals surface area contributed by atoms with Gasteiger partial charge < -0.3 is 9.32 Å². The molecule has 1 saturated heterocycles. The van der Waals surface area contributed by atoms with Crippen molar-refractivity contribution in [3.63, 3.8) is 0 Å². The molecule has 1 amide bonds. The number of rotatable bonds is 3. The maximum atomic E-state index is 12.8. The van der Waals surface area contributed by atoms with E-state index in [4.69, 9.17) is 4.42 Å². The van der Waals surface area contributed by atoms with Gasteiger partial charge in [0.25, 0.3) is 5.91 Å². The molecule has 3 rings (SSSR count). The quantitative estimate of drug-likeness (QED) is 0.857. The second-order valence-electron chi connectivity index (χ2n) is 5.46. The van der Waals surface area contributed by atoms with Gasteiger partial charge in [-0.15, -0.1) is 11.3 Å². The third-order valence-corrected chi connectivity index (χ3v) is 5.08. The van der Waals surface area contributed by atoms with E-state index in [9.17, 15) is 4.79 Å². The Hall–Kier alpha value is -1.62. The predicted molar refractivity (Wildman–Crippen MR) is 83.5 cm³/mol. The molecule has 21 heavy (non-hydrogen) atoms. The van der Waals surface area contributed by atoms with E-state index in [1.807, 2.05) is 24.0 Å². The highest BCUT2D eigenvalue weighted by Crippen LogP contribution is 2.30. The molecule has 0 radical (unpaired) electrons. The average molecular weight is 304 g/mol. The number of hydrogen-bond donors (Lipinski definition) is 0. The highest BCUT2D eigenvalue weighted by Gasteiger charge is 2.29. The van der Waals surface area contributed by atoms with Crippen molar-refractivity contribution in [3.8, 4) is 10.8 Å². The number of amides is 1. The molecule has 0 N–H and O–H groups in total. The maximum Gasteiger partial charge on any atom is 0.273 e. The van der Waals surface area contributed by atoms with Crippen molar-refractivity contribution in [1.82, 2.24) is 9.88 Å². The SMILES string of the molecule is CC[C@H]1CCCCN1C(=O)c1nc(-c2ccco2)sc1C. The molecule has 0 aromatic carbocycles. The van der Waals surface area contributed by atoms with Crippen molar-refractivity contribution in [2.24, 2.45) is 0 Å². The molecule has 0 unspecified atom stereocenters. The van der Waals surface area contributed by atoms with Gasteiger partial charge in [-0.3, -0.25) is 4.79 Å². The van der Waals surface area contributed by atoms with Crippen molar-refractivity contribution in [2.45, 2.75) is 45.6 Å². The fourth-order valence-corrected chi connectivity index (χ4v) is 3.80. The first-order valence-electron chi connectivity index (χ1n) is 7.53. The van der Waals surface area contributed by atoms with Gasteiger partial charge in [-0.05, 0) is 44.7 Å². The molecule has 0 spiro atoms. The first-order chi connectivity index (χ1) is 10.2. The number of carbonyl (C=O) groups excluding carboxylic acids is 1. The zero-order valence-corrected chi connectivity index (χ0v) is 13.3. The summed E-state index contributed by atoms with van der Waals surface area (Å²) in [6, 6.07) is 4.08. The van der Waals surface area contributed by atoms with Crippen LogP contribution in [-0.2, 0) is 0 Å². The number of furan rings is 1. The Kier molecular flexibility index (Phi) is 4.10. The van der Waals surface area contributed by atoms with Gasteiger partial charge in [-0.25, -0.2) is 4.98 Å². The largest absolute Gasteiger partial charge is 0.462 e. The van der Waals surface area contributed by atoms with Crippen LogP contribution in [0.25, 0.3) is 10.8 Å². The molecule has 1 aliphatic rings. The summed E-state index contributed by atoms with van der Waals surface area (Å²) in [5.41, 5.74) is 0.590. The molecule has 5 heteroatoms. The van der Waals surface area contributed by atoms with Crippen LogP contribution in [0.5, 0.6) is 0 Å². The Morgan fingerprint density at radius 2 is 2.38 bits per heavy atom. The number of hydrogen-bond acceptors (Lipinski definition) is 4. The van der Waals surface area contributed by atoms with Crippen LogP contribution in [0.4, 0.5) is 0 Å². The molecule has 0 aliphatic carbocycles. The molecule has 2 aromatic heterocycles. The van der Waals surface area contributed by atoms with Gasteiger partial charge in [-0.2, -0.15) is 0 Å². The molecular weight excluding hydrogens is 284 g/mol. The molecule has 112 valence electrons. The standard InChI is InChI=1S/C16H20N2O2S/c1-3-12-7-4-5-9-18(12)16(19)14-11(2)21-15(17-14)13-8-6-10-20-13/h6,8,10,12H,3-5,7,9H2,1-2H3/t12-/m0/s1. The van der Waals surface area contributed by atoms with Gasteiger partial charge >= 0.3 is 0 Å². The Labute approximate surface area is 128 Å². The number of thiazole rings is 1. The molecule has 1 fully saturated rings. The molecule has 1 aliphatic heterocycles. The minimum absolute atomic E-state index is 0.0770. The van der Waals surface area contributed by atoms with Crippen LogP contribution in [0.15, 0.2) is 22.8 Å². The van der Waals surface area contributed by atoms with Gasteiger partial charge in [0, 0.05) is 17.5 Å². The summed E-state index contributed by atoms with van der Waals surface area (Å²) in [6.07, 6.45) is 6.06. The highest BCUT2D eigenvalue weighted by molar-refractivity contribution is 7.15. The van der Waals surface area contributed by atoms with Crippen LogP contribution in [0.3, 0.4) is 0 Å². The van der Waals surface area contributed by atoms with E-state index in [-0.39, 0.29) is 5.91 Å². The van der Waals surface area contributed by atoms with Crippen LogP contribution >= 0.6 is 11.3 Å². The molecule has 0 saturated carbocycles. The second kappa shape index (κ2) is 6.02. The first kappa shape index (κ1) is 14.3. The van der Waals surface area contributed by atoms with E-state index >= 15 is 0 Å². The van der Waals surface area contributed by atoms with E-state index in [2.05, 4.69) is 11.9 Å². The number of carbonyl (C=O) groups is 1. The number of aryl methyl sites for hydroxylation is 1. The molecule has 0 bridgehead atoms. The zero-order chi connectivity index (χ0) is 14.8. The van der Waals surface area contributed by atoms with Gasteiger partial charge in [-0.1, -0.05) is 6.92 Å². The van der Waals surface area contributed by atoms with Gasteiger partial charge in [0.1, 0.15) is 5.69 Å². The maximum absolute atomic E-state index is 12.8. The second-order valence-corrected chi connectivity index (χ2v) is 6.66. The first-order valence-corrected chi connectivity index (χ1v) is 8.34. The van der Waals surface area contributed by atoms with E-state index in [1.165, 1.54) is 17.8 Å². The van der Waals surface area contributed by atoms with E-state index < -0.39 is 0 Å². The van der Waals surface area contributed by atoms with Gasteiger partial charge in [0.05, 0.1) is 6.26 Å². The summed E-state index contributed by atoms with van der Waals surface area (Å²) in [5, 5.41) is 0.783. The van der Waals surface area contributed by atoms with Crippen molar-refractivity contribution in [1.29, 1.82) is 0 Å². The minimum atomic E-state index is 0.0770. The van der Waals surface area contributed by atoms with Crippen LogP contribution in [-0.4, -0.2) is 28.4 Å². The van der Waals surface area contributed by atoms with Crippen LogP contribution < -0.4 is 0 Å². The fraction of sp³-hybridized carbons (Fsp3) is 0.500. The normalized spacial score (nSPS) is 19.0. The average Bonchev–Trinajstić information content (AvgIpc) is 3.15. The lowest BCUT2D eigenvalue weighted by atomic mass is 9.99. The summed E-state index contributed by atoms with van der Waals surface area (Å²) in [6.45, 7) is 4.96. The monoisotopic (exact) mass is 304 g/mol. The predicted octanol–water partition coefficient (Wildman–Crippen LogP) is 4.12. The summed E-state index contributed by atoms with van der Waals surface area (Å²) in [7, 11) is 0. The van der Waals surface area contributed by atoms with Crippen molar-refractivity contribution >= 4 is 17.2 Å². The topological polar surface area (TPSA) is 46.3 Å². The van der Waals surface area contributed by atoms with Crippen molar-refractivity contribution in [3.05, 3.63) is 29.0 Å². The number of piperidine rings is 1. The Balaban J connectivity index is 1.87. The Morgan fingerprint density at radius 3 is 3.10 bits per heavy atom. The van der Waals surface area contributed by atoms with Crippen molar-refractivity contribution in [2.75, 3.05) is 6.54 Å². The Morgan fingerprint density at radius 1 is 1.52 bits per heavy atom. The summed E-state index contributed by atoms with van der Waals surface area (Å²) in [5.74, 6) is 0.806. The summed E-state index contributed by atoms with van der Waals surface area (Å²) < 4.78 is 5.38. The smallest absolute Gasteiger partial charge is 0.273 e. The molecule has 2 aromatic rings. The number of nitrogens with zero attached hydrogens (tertiary/aromatic N) is 2. The minimum Gasteiger partial charge on any atom is -0.462 e. The lowest BCUT2D eigenvalue weighted by molar-refractivity contribution is 0.0602. The van der Waals surface area contributed by atoms with Crippen molar-refractivity contribution < 1.29 is 9.21 Å². The molecular formula is C16H20N2O2S. The van der Waals surface area contributed by atoms with Crippen LogP contribution in [0.2, 0.25) is 0 Å². The summed E-state index contributed by atoms with van der Waals surface area (Å²) >= 11 is 1.52. The lowest BCUT2D eigenvalue weighted by Crippen LogP contribution is -2.43.